The summed E-state index contributed by atoms with van der Waals surface area (Å²) in [4.78, 5) is 13.5. The van der Waals surface area contributed by atoms with Crippen LogP contribution < -0.4 is 10.6 Å². The van der Waals surface area contributed by atoms with Crippen molar-refractivity contribution in [3.63, 3.8) is 0 Å². The van der Waals surface area contributed by atoms with Crippen LogP contribution in [0.5, 0.6) is 0 Å². The summed E-state index contributed by atoms with van der Waals surface area (Å²) < 4.78 is 0. The first-order valence-electron chi connectivity index (χ1n) is 5.83. The Kier molecular flexibility index (Phi) is 5.05. The minimum Gasteiger partial charge on any atom is -0.355 e. The fraction of sp³-hybridized carbons (Fsp3) is 0.909. The number of nitrogens with zero attached hydrogens (tertiary/aromatic N) is 1. The van der Waals surface area contributed by atoms with Gasteiger partial charge in [-0.1, -0.05) is 0 Å². The van der Waals surface area contributed by atoms with Gasteiger partial charge >= 0.3 is 0 Å². The zero-order valence-electron chi connectivity index (χ0n) is 10.0. The van der Waals surface area contributed by atoms with Crippen molar-refractivity contribution in [3.8, 4) is 0 Å². The van der Waals surface area contributed by atoms with Crippen molar-refractivity contribution in [2.75, 3.05) is 26.7 Å². The third-order valence-electron chi connectivity index (χ3n) is 3.03. The van der Waals surface area contributed by atoms with Gasteiger partial charge in [-0.15, -0.1) is 0 Å². The highest BCUT2D eigenvalue weighted by atomic mass is 16.2. The van der Waals surface area contributed by atoms with E-state index in [0.717, 1.165) is 6.54 Å². The molecule has 4 heteroatoms. The first kappa shape index (κ1) is 12.5. The first-order valence-corrected chi connectivity index (χ1v) is 5.83. The Bertz CT molecular complexity index is 200. The Morgan fingerprint density at radius 3 is 2.80 bits per heavy atom. The van der Waals surface area contributed by atoms with E-state index in [1.165, 1.54) is 12.8 Å². The summed E-state index contributed by atoms with van der Waals surface area (Å²) in [6.45, 7) is 6.38. The zero-order chi connectivity index (χ0) is 11.3. The molecule has 1 amide bonds. The van der Waals surface area contributed by atoms with E-state index in [9.17, 15) is 4.79 Å². The van der Waals surface area contributed by atoms with Crippen LogP contribution >= 0.6 is 0 Å². The minimum absolute atomic E-state index is 0.124. The molecule has 2 N–H and O–H groups in total. The molecule has 0 radical (unpaired) electrons. The molecule has 0 bridgehead atoms. The van der Waals surface area contributed by atoms with E-state index in [2.05, 4.69) is 22.5 Å². The van der Waals surface area contributed by atoms with Crippen LogP contribution in [-0.4, -0.2) is 49.6 Å². The van der Waals surface area contributed by atoms with Gasteiger partial charge in [0.2, 0.25) is 5.91 Å². The van der Waals surface area contributed by atoms with Crippen LogP contribution in [0.3, 0.4) is 0 Å². The van der Waals surface area contributed by atoms with E-state index in [-0.39, 0.29) is 5.91 Å². The number of nitrogens with one attached hydrogen (secondary N) is 2. The van der Waals surface area contributed by atoms with Crippen molar-refractivity contribution >= 4 is 5.91 Å². The lowest BCUT2D eigenvalue weighted by Gasteiger charge is -2.33. The maximum absolute atomic E-state index is 11.4. The maximum atomic E-state index is 11.4. The molecule has 0 aliphatic carbocycles. The van der Waals surface area contributed by atoms with Gasteiger partial charge in [0.15, 0.2) is 0 Å². The SMILES string of the molecule is CCNC(=O)CN(C)C1CCC(C)NC1. The number of piperidine rings is 1. The first-order chi connectivity index (χ1) is 7.13. The molecule has 15 heavy (non-hydrogen) atoms. The lowest BCUT2D eigenvalue weighted by molar-refractivity contribution is -0.122. The Morgan fingerprint density at radius 1 is 1.53 bits per heavy atom. The average molecular weight is 213 g/mol. The molecule has 1 aliphatic heterocycles. The van der Waals surface area contributed by atoms with Crippen LogP contribution in [0, 0.1) is 0 Å². The summed E-state index contributed by atoms with van der Waals surface area (Å²) in [5.41, 5.74) is 0. The molecule has 0 saturated carbocycles. The van der Waals surface area contributed by atoms with Gasteiger partial charge in [-0.05, 0) is 33.7 Å². The summed E-state index contributed by atoms with van der Waals surface area (Å²) in [6, 6.07) is 1.13. The van der Waals surface area contributed by atoms with Crippen molar-refractivity contribution in [1.29, 1.82) is 0 Å². The maximum Gasteiger partial charge on any atom is 0.234 e. The number of hydrogen-bond acceptors (Lipinski definition) is 3. The van der Waals surface area contributed by atoms with Gasteiger partial charge in [0.05, 0.1) is 6.54 Å². The molecule has 0 aromatic carbocycles. The van der Waals surface area contributed by atoms with Crippen molar-refractivity contribution in [2.45, 2.75) is 38.8 Å². The number of carbonyl (C=O) groups excluding carboxylic acids is 1. The number of rotatable bonds is 4. The molecule has 1 fully saturated rings. The second kappa shape index (κ2) is 6.08. The molecule has 4 nitrogen and oxygen atoms in total. The van der Waals surface area contributed by atoms with Crippen molar-refractivity contribution in [3.05, 3.63) is 0 Å². The fourth-order valence-electron chi connectivity index (χ4n) is 1.97. The molecule has 2 unspecified atom stereocenters. The van der Waals surface area contributed by atoms with Crippen LogP contribution in [0.2, 0.25) is 0 Å². The minimum atomic E-state index is 0.124. The number of amides is 1. The van der Waals surface area contributed by atoms with Gasteiger partial charge in [0.1, 0.15) is 0 Å². The Balaban J connectivity index is 2.27. The summed E-state index contributed by atoms with van der Waals surface area (Å²) in [7, 11) is 2.03. The van der Waals surface area contributed by atoms with E-state index >= 15 is 0 Å². The van der Waals surface area contributed by atoms with Gasteiger partial charge in [0, 0.05) is 25.2 Å². The molecule has 0 aromatic rings. The topological polar surface area (TPSA) is 44.4 Å². The second-order valence-corrected chi connectivity index (χ2v) is 4.41. The van der Waals surface area contributed by atoms with Crippen LogP contribution in [0.25, 0.3) is 0 Å². The van der Waals surface area contributed by atoms with Crippen LogP contribution in [0.15, 0.2) is 0 Å². The lowest BCUT2D eigenvalue weighted by Crippen LogP contribution is -2.50. The monoisotopic (exact) mass is 213 g/mol. The summed E-state index contributed by atoms with van der Waals surface area (Å²) in [5, 5.41) is 6.27. The third kappa shape index (κ3) is 4.18. The van der Waals surface area contributed by atoms with E-state index < -0.39 is 0 Å². The highest BCUT2D eigenvalue weighted by Gasteiger charge is 2.22. The number of carbonyl (C=O) groups is 1. The van der Waals surface area contributed by atoms with Crippen LogP contribution in [0.4, 0.5) is 0 Å². The van der Waals surface area contributed by atoms with E-state index in [4.69, 9.17) is 0 Å². The molecule has 88 valence electrons. The highest BCUT2D eigenvalue weighted by Crippen LogP contribution is 2.11. The molecular formula is C11H23N3O. The van der Waals surface area contributed by atoms with E-state index in [1.807, 2.05) is 14.0 Å². The third-order valence-corrected chi connectivity index (χ3v) is 3.03. The molecule has 1 rings (SSSR count). The standard InChI is InChI=1S/C11H23N3O/c1-4-12-11(15)8-14(3)10-6-5-9(2)13-7-10/h9-10,13H,4-8H2,1-3H3,(H,12,15). The van der Waals surface area contributed by atoms with Gasteiger partial charge < -0.3 is 10.6 Å². The van der Waals surface area contributed by atoms with Gasteiger partial charge in [0.25, 0.3) is 0 Å². The van der Waals surface area contributed by atoms with Crippen molar-refractivity contribution < 1.29 is 4.79 Å². The molecule has 1 aliphatic rings. The Labute approximate surface area is 92.4 Å². The van der Waals surface area contributed by atoms with Crippen molar-refractivity contribution in [1.82, 2.24) is 15.5 Å². The quantitative estimate of drug-likeness (QED) is 0.701. The number of likely N-dealkylation sites (N-methyl/N-ethyl adjacent to an activating group) is 2. The smallest absolute Gasteiger partial charge is 0.234 e. The van der Waals surface area contributed by atoms with Gasteiger partial charge in [-0.2, -0.15) is 0 Å². The molecule has 2 atom stereocenters. The van der Waals surface area contributed by atoms with E-state index in [1.54, 1.807) is 0 Å². The normalized spacial score (nSPS) is 26.7. The predicted molar refractivity (Wildman–Crippen MR) is 61.8 cm³/mol. The summed E-state index contributed by atoms with van der Waals surface area (Å²) in [6.07, 6.45) is 2.38. The summed E-state index contributed by atoms with van der Waals surface area (Å²) in [5.74, 6) is 0.124. The van der Waals surface area contributed by atoms with Gasteiger partial charge in [-0.25, -0.2) is 0 Å². The Hall–Kier alpha value is -0.610. The lowest BCUT2D eigenvalue weighted by atomic mass is 10.0. The molecule has 0 aromatic heterocycles. The van der Waals surface area contributed by atoms with Crippen molar-refractivity contribution in [2.24, 2.45) is 0 Å². The van der Waals surface area contributed by atoms with Crippen LogP contribution in [0.1, 0.15) is 26.7 Å². The zero-order valence-corrected chi connectivity index (χ0v) is 10.0. The van der Waals surface area contributed by atoms with Crippen LogP contribution in [-0.2, 0) is 4.79 Å². The number of hydrogen-bond donors (Lipinski definition) is 2. The second-order valence-electron chi connectivity index (χ2n) is 4.41. The van der Waals surface area contributed by atoms with E-state index in [0.29, 0.717) is 25.2 Å². The molecule has 1 saturated heterocycles. The summed E-state index contributed by atoms with van der Waals surface area (Å²) >= 11 is 0. The molecule has 0 spiro atoms. The highest BCUT2D eigenvalue weighted by molar-refractivity contribution is 5.77. The molecule has 1 heterocycles. The largest absolute Gasteiger partial charge is 0.355 e. The molecular weight excluding hydrogens is 190 g/mol. The predicted octanol–water partition coefficient (Wildman–Crippen LogP) is 0.195. The van der Waals surface area contributed by atoms with Gasteiger partial charge in [-0.3, -0.25) is 9.69 Å². The Morgan fingerprint density at radius 2 is 2.27 bits per heavy atom. The average Bonchev–Trinajstić information content (AvgIpc) is 2.18. The fourth-order valence-corrected chi connectivity index (χ4v) is 1.97.